The predicted molar refractivity (Wildman–Crippen MR) is 65.8 cm³/mol. The van der Waals surface area contributed by atoms with Gasteiger partial charge in [-0.1, -0.05) is 11.6 Å². The molecule has 110 valence electrons. The molecule has 2 N–H and O–H groups in total. The van der Waals surface area contributed by atoms with E-state index in [0.29, 0.717) is 6.07 Å². The van der Waals surface area contributed by atoms with Gasteiger partial charge in [0.05, 0.1) is 17.0 Å². The fourth-order valence-electron chi connectivity index (χ4n) is 2.28. The monoisotopic (exact) mass is 308 g/mol. The number of phenolic OH excluding ortho intramolecular Hbond substituents is 1. The Balaban J connectivity index is 2.47. The van der Waals surface area contributed by atoms with Gasteiger partial charge in [0.2, 0.25) is 0 Å². The first-order chi connectivity index (χ1) is 9.20. The Labute approximate surface area is 118 Å². The Kier molecular flexibility index (Phi) is 3.86. The number of carboxylic acid groups (broad SMARTS) is 1. The lowest BCUT2D eigenvalue weighted by Crippen LogP contribution is -2.11. The highest BCUT2D eigenvalue weighted by Crippen LogP contribution is 2.49. The molecule has 0 bridgehead atoms. The van der Waals surface area contributed by atoms with Crippen LogP contribution in [-0.2, 0) is 11.0 Å². The maximum atomic E-state index is 12.8. The molecule has 0 aliphatic heterocycles. The van der Waals surface area contributed by atoms with Crippen molar-refractivity contribution < 1.29 is 28.2 Å². The minimum absolute atomic E-state index is 0.0171. The van der Waals surface area contributed by atoms with Gasteiger partial charge in [0.1, 0.15) is 5.75 Å². The number of rotatable bonds is 4. The van der Waals surface area contributed by atoms with Crippen LogP contribution >= 0.6 is 11.6 Å². The number of benzene rings is 1. The average molecular weight is 309 g/mol. The van der Waals surface area contributed by atoms with Crippen molar-refractivity contribution in [1.82, 2.24) is 0 Å². The molecule has 0 spiro atoms. The zero-order valence-corrected chi connectivity index (χ0v) is 11.0. The van der Waals surface area contributed by atoms with E-state index >= 15 is 0 Å². The van der Waals surface area contributed by atoms with Gasteiger partial charge in [0, 0.05) is 5.92 Å². The summed E-state index contributed by atoms with van der Waals surface area (Å²) in [6.45, 7) is 0. The fourth-order valence-corrected chi connectivity index (χ4v) is 2.51. The molecule has 3 nitrogen and oxygen atoms in total. The first-order valence-electron chi connectivity index (χ1n) is 6.01. The highest BCUT2D eigenvalue weighted by atomic mass is 35.5. The summed E-state index contributed by atoms with van der Waals surface area (Å²) in [5.41, 5.74) is -1.01. The van der Waals surface area contributed by atoms with Crippen LogP contribution in [0.4, 0.5) is 13.2 Å². The summed E-state index contributed by atoms with van der Waals surface area (Å²) in [5, 5.41) is 18.3. The van der Waals surface area contributed by atoms with E-state index in [1.165, 1.54) is 0 Å². The molecule has 2 rings (SSSR count). The SMILES string of the molecule is O=C(O)CC(c1cc(C(F)(F)F)cc(Cl)c1O)C1CC1. The van der Waals surface area contributed by atoms with E-state index in [9.17, 15) is 23.1 Å². The molecule has 1 fully saturated rings. The number of alkyl halides is 3. The summed E-state index contributed by atoms with van der Waals surface area (Å²) in [7, 11) is 0. The molecule has 1 atom stereocenters. The standard InChI is InChI=1S/C13H12ClF3O3/c14-10-4-7(13(15,16)17)3-9(12(10)20)8(5-11(18)19)6-1-2-6/h3-4,6,8,20H,1-2,5H2,(H,18,19). The van der Waals surface area contributed by atoms with Crippen molar-refractivity contribution in [3.8, 4) is 5.75 Å². The predicted octanol–water partition coefficient (Wildman–Crippen LogP) is 4.03. The van der Waals surface area contributed by atoms with Crippen molar-refractivity contribution in [2.24, 2.45) is 5.92 Å². The van der Waals surface area contributed by atoms with Gasteiger partial charge in [-0.2, -0.15) is 13.2 Å². The van der Waals surface area contributed by atoms with Crippen molar-refractivity contribution in [2.75, 3.05) is 0 Å². The van der Waals surface area contributed by atoms with Crippen LogP contribution in [0.25, 0.3) is 0 Å². The van der Waals surface area contributed by atoms with Crippen LogP contribution in [0.3, 0.4) is 0 Å². The fraction of sp³-hybridized carbons (Fsp3) is 0.462. The third kappa shape index (κ3) is 3.17. The van der Waals surface area contributed by atoms with Gasteiger partial charge in [-0.15, -0.1) is 0 Å². The Bertz CT molecular complexity index is 538. The highest BCUT2D eigenvalue weighted by molar-refractivity contribution is 6.32. The lowest BCUT2D eigenvalue weighted by molar-refractivity contribution is -0.138. The van der Waals surface area contributed by atoms with Gasteiger partial charge in [0.15, 0.2) is 0 Å². The van der Waals surface area contributed by atoms with E-state index in [2.05, 4.69) is 0 Å². The van der Waals surface area contributed by atoms with Crippen LogP contribution in [0.2, 0.25) is 5.02 Å². The maximum absolute atomic E-state index is 12.8. The topological polar surface area (TPSA) is 57.5 Å². The minimum atomic E-state index is -4.59. The average Bonchev–Trinajstić information content (AvgIpc) is 3.12. The first kappa shape index (κ1) is 15.0. The van der Waals surface area contributed by atoms with Crippen LogP contribution in [0.5, 0.6) is 5.75 Å². The number of carboxylic acids is 1. The lowest BCUT2D eigenvalue weighted by atomic mass is 9.89. The van der Waals surface area contributed by atoms with E-state index < -0.39 is 34.4 Å². The van der Waals surface area contributed by atoms with Gasteiger partial charge in [-0.3, -0.25) is 4.79 Å². The van der Waals surface area contributed by atoms with Crippen LogP contribution in [-0.4, -0.2) is 16.2 Å². The third-order valence-electron chi connectivity index (χ3n) is 3.41. The largest absolute Gasteiger partial charge is 0.506 e. The number of halogens is 4. The first-order valence-corrected chi connectivity index (χ1v) is 6.39. The molecule has 7 heteroatoms. The molecule has 1 aromatic carbocycles. The van der Waals surface area contributed by atoms with E-state index in [1.54, 1.807) is 0 Å². The quantitative estimate of drug-likeness (QED) is 0.883. The van der Waals surface area contributed by atoms with Crippen molar-refractivity contribution in [3.63, 3.8) is 0 Å². The molecule has 1 saturated carbocycles. The van der Waals surface area contributed by atoms with Gasteiger partial charge in [0.25, 0.3) is 0 Å². The van der Waals surface area contributed by atoms with E-state index in [-0.39, 0.29) is 17.9 Å². The van der Waals surface area contributed by atoms with Gasteiger partial charge >= 0.3 is 12.1 Å². The van der Waals surface area contributed by atoms with Crippen LogP contribution in [0, 0.1) is 5.92 Å². The highest BCUT2D eigenvalue weighted by Gasteiger charge is 2.38. The molecule has 1 aliphatic carbocycles. The molecule has 1 aromatic rings. The van der Waals surface area contributed by atoms with Gasteiger partial charge in [-0.25, -0.2) is 0 Å². The molecule has 0 radical (unpaired) electrons. The van der Waals surface area contributed by atoms with E-state index in [0.717, 1.165) is 18.9 Å². The second-order valence-corrected chi connectivity index (χ2v) is 5.34. The summed E-state index contributed by atoms with van der Waals surface area (Å²) in [6, 6.07) is 1.44. The van der Waals surface area contributed by atoms with Crippen LogP contribution in [0.15, 0.2) is 12.1 Å². The van der Waals surface area contributed by atoms with Gasteiger partial charge in [-0.05, 0) is 36.5 Å². The van der Waals surface area contributed by atoms with Crippen molar-refractivity contribution in [1.29, 1.82) is 0 Å². The molecular weight excluding hydrogens is 297 g/mol. The third-order valence-corrected chi connectivity index (χ3v) is 3.69. The van der Waals surface area contributed by atoms with Crippen molar-refractivity contribution in [2.45, 2.75) is 31.4 Å². The summed E-state index contributed by atoms with van der Waals surface area (Å²) in [4.78, 5) is 10.9. The second kappa shape index (κ2) is 5.16. The van der Waals surface area contributed by atoms with E-state index in [4.69, 9.17) is 16.7 Å². The summed E-state index contributed by atoms with van der Waals surface area (Å²) >= 11 is 5.63. The summed E-state index contributed by atoms with van der Waals surface area (Å²) < 4.78 is 38.3. The molecule has 20 heavy (non-hydrogen) atoms. The Morgan fingerprint density at radius 3 is 2.45 bits per heavy atom. The van der Waals surface area contributed by atoms with Crippen LogP contribution < -0.4 is 0 Å². The van der Waals surface area contributed by atoms with Crippen molar-refractivity contribution >= 4 is 17.6 Å². The Hall–Kier alpha value is -1.43. The van der Waals surface area contributed by atoms with Crippen molar-refractivity contribution in [3.05, 3.63) is 28.3 Å². The number of carbonyl (C=O) groups is 1. The summed E-state index contributed by atoms with van der Waals surface area (Å²) in [6.07, 6.45) is -3.43. The normalized spacial score (nSPS) is 17.0. The number of aliphatic carboxylic acids is 1. The number of hydrogen-bond donors (Lipinski definition) is 2. The number of hydrogen-bond acceptors (Lipinski definition) is 2. The lowest BCUT2D eigenvalue weighted by Gasteiger charge is -2.19. The zero-order valence-electron chi connectivity index (χ0n) is 10.2. The number of phenols is 1. The zero-order chi connectivity index (χ0) is 15.1. The van der Waals surface area contributed by atoms with Crippen LogP contribution in [0.1, 0.15) is 36.3 Å². The minimum Gasteiger partial charge on any atom is -0.506 e. The smallest absolute Gasteiger partial charge is 0.416 e. The maximum Gasteiger partial charge on any atom is 0.416 e. The molecular formula is C13H12ClF3O3. The molecule has 0 amide bonds. The number of aromatic hydroxyl groups is 1. The molecule has 0 aromatic heterocycles. The Morgan fingerprint density at radius 1 is 1.40 bits per heavy atom. The summed E-state index contributed by atoms with van der Waals surface area (Å²) in [5.74, 6) is -2.24. The van der Waals surface area contributed by atoms with E-state index in [1.807, 2.05) is 0 Å². The Morgan fingerprint density at radius 2 is 2.00 bits per heavy atom. The molecule has 1 unspecified atom stereocenters. The molecule has 0 heterocycles. The second-order valence-electron chi connectivity index (χ2n) is 4.94. The molecule has 0 saturated heterocycles. The molecule has 1 aliphatic rings. The van der Waals surface area contributed by atoms with Gasteiger partial charge < -0.3 is 10.2 Å².